The smallest absolute Gasteiger partial charge is 0.253 e. The lowest BCUT2D eigenvalue weighted by Crippen LogP contribution is -2.24. The predicted molar refractivity (Wildman–Crippen MR) is 110 cm³/mol. The highest BCUT2D eigenvalue weighted by molar-refractivity contribution is 5.99. The number of nitrogens with one attached hydrogen (secondary N) is 1. The van der Waals surface area contributed by atoms with Crippen molar-refractivity contribution < 1.29 is 9.59 Å². The molecular formula is C22H24N4O2. The maximum absolute atomic E-state index is 12.8. The van der Waals surface area contributed by atoms with Gasteiger partial charge in [0.1, 0.15) is 12.4 Å². The Morgan fingerprint density at radius 3 is 2.61 bits per heavy atom. The van der Waals surface area contributed by atoms with Crippen molar-refractivity contribution >= 4 is 28.5 Å². The number of hydrogen-bond donors (Lipinski definition) is 1. The first-order valence-electron chi connectivity index (χ1n) is 9.52. The van der Waals surface area contributed by atoms with Crippen LogP contribution in [-0.4, -0.2) is 40.4 Å². The molecule has 3 aromatic rings. The molecule has 0 saturated heterocycles. The Kier molecular flexibility index (Phi) is 4.63. The van der Waals surface area contributed by atoms with E-state index in [1.165, 1.54) is 4.90 Å². The Morgan fingerprint density at radius 1 is 1.14 bits per heavy atom. The third-order valence-electron chi connectivity index (χ3n) is 5.17. The van der Waals surface area contributed by atoms with Gasteiger partial charge in [0.2, 0.25) is 5.91 Å². The van der Waals surface area contributed by atoms with Crippen molar-refractivity contribution in [1.29, 1.82) is 0 Å². The molecule has 0 bridgehead atoms. The van der Waals surface area contributed by atoms with Gasteiger partial charge in [-0.3, -0.25) is 9.59 Å². The fourth-order valence-electron chi connectivity index (χ4n) is 3.49. The van der Waals surface area contributed by atoms with Crippen LogP contribution < -0.4 is 5.32 Å². The van der Waals surface area contributed by atoms with E-state index in [0.717, 1.165) is 35.3 Å². The Balaban J connectivity index is 1.59. The van der Waals surface area contributed by atoms with E-state index in [1.807, 2.05) is 41.8 Å². The summed E-state index contributed by atoms with van der Waals surface area (Å²) in [5.41, 5.74) is 3.93. The molecule has 144 valence electrons. The normalized spacial score (nSPS) is 13.5. The van der Waals surface area contributed by atoms with Crippen molar-refractivity contribution in [1.82, 2.24) is 14.5 Å². The molecule has 6 nitrogen and oxygen atoms in total. The number of nitrogens with zero attached hydrogens (tertiary/aromatic N) is 3. The minimum Gasteiger partial charge on any atom is -0.345 e. The number of amides is 2. The molecule has 2 aromatic carbocycles. The van der Waals surface area contributed by atoms with E-state index in [4.69, 9.17) is 4.98 Å². The Hall–Kier alpha value is -3.15. The molecule has 0 radical (unpaired) electrons. The zero-order valence-corrected chi connectivity index (χ0v) is 16.4. The molecule has 28 heavy (non-hydrogen) atoms. The molecule has 6 heteroatoms. The summed E-state index contributed by atoms with van der Waals surface area (Å²) in [4.78, 5) is 31.4. The highest BCUT2D eigenvalue weighted by atomic mass is 16.2. The molecule has 1 aliphatic carbocycles. The number of hydrogen-bond acceptors (Lipinski definition) is 3. The van der Waals surface area contributed by atoms with Crippen LogP contribution in [0.25, 0.3) is 11.0 Å². The Labute approximate surface area is 164 Å². The van der Waals surface area contributed by atoms with Crippen LogP contribution in [0.4, 0.5) is 5.69 Å². The van der Waals surface area contributed by atoms with Crippen molar-refractivity contribution in [2.45, 2.75) is 32.2 Å². The molecule has 1 fully saturated rings. The van der Waals surface area contributed by atoms with Crippen LogP contribution in [0.3, 0.4) is 0 Å². The van der Waals surface area contributed by atoms with Crippen molar-refractivity contribution in [3.05, 3.63) is 59.4 Å². The number of rotatable bonds is 5. The molecule has 1 saturated carbocycles. The molecule has 1 aromatic heterocycles. The summed E-state index contributed by atoms with van der Waals surface area (Å²) in [7, 11) is 3.44. The second-order valence-corrected chi connectivity index (χ2v) is 7.55. The largest absolute Gasteiger partial charge is 0.345 e. The maximum atomic E-state index is 12.8. The van der Waals surface area contributed by atoms with Crippen molar-refractivity contribution in [2.75, 3.05) is 19.4 Å². The fourth-order valence-corrected chi connectivity index (χ4v) is 3.49. The monoisotopic (exact) mass is 376 g/mol. The summed E-state index contributed by atoms with van der Waals surface area (Å²) in [6.45, 7) is 2.06. The number of carbonyl (C=O) groups is 2. The second kappa shape index (κ2) is 7.11. The molecule has 0 atom stereocenters. The van der Waals surface area contributed by atoms with Gasteiger partial charge in [-0.05, 0) is 49.6 Å². The van der Waals surface area contributed by atoms with Crippen LogP contribution in [0.5, 0.6) is 0 Å². The van der Waals surface area contributed by atoms with Gasteiger partial charge in [-0.25, -0.2) is 4.98 Å². The number of anilines is 1. The van der Waals surface area contributed by atoms with Crippen molar-refractivity contribution in [3.63, 3.8) is 0 Å². The molecule has 1 heterocycles. The van der Waals surface area contributed by atoms with E-state index in [-0.39, 0.29) is 18.4 Å². The number of benzene rings is 2. The molecular weight excluding hydrogens is 352 g/mol. The summed E-state index contributed by atoms with van der Waals surface area (Å²) in [5, 5.41) is 2.98. The Bertz CT molecular complexity index is 1060. The van der Waals surface area contributed by atoms with Crippen LogP contribution in [0, 0.1) is 6.92 Å². The molecule has 0 aliphatic heterocycles. The number of carbonyl (C=O) groups excluding carboxylic acids is 2. The zero-order chi connectivity index (χ0) is 19.8. The lowest BCUT2D eigenvalue weighted by atomic mass is 10.1. The summed E-state index contributed by atoms with van der Waals surface area (Å²) >= 11 is 0. The summed E-state index contributed by atoms with van der Waals surface area (Å²) < 4.78 is 2.02. The van der Waals surface area contributed by atoms with E-state index in [0.29, 0.717) is 17.2 Å². The summed E-state index contributed by atoms with van der Waals surface area (Å²) in [6.07, 6.45) is 2.25. The molecule has 0 spiro atoms. The first kappa shape index (κ1) is 18.2. The zero-order valence-electron chi connectivity index (χ0n) is 16.4. The molecule has 4 rings (SSSR count). The van der Waals surface area contributed by atoms with Crippen LogP contribution in [0.15, 0.2) is 42.5 Å². The minimum atomic E-state index is -0.123. The lowest BCUT2D eigenvalue weighted by Gasteiger charge is -2.16. The maximum Gasteiger partial charge on any atom is 0.253 e. The van der Waals surface area contributed by atoms with E-state index in [1.54, 1.807) is 26.2 Å². The quantitative estimate of drug-likeness (QED) is 0.740. The Morgan fingerprint density at radius 2 is 1.89 bits per heavy atom. The SMILES string of the molecule is Cc1c(NC(=O)Cn2c(C3CC3)nc3ccccc32)cccc1C(=O)N(C)C. The number of fused-ring (bicyclic) bond motifs is 1. The topological polar surface area (TPSA) is 67.2 Å². The molecule has 1 aliphatic rings. The van der Waals surface area contributed by atoms with Crippen molar-refractivity contribution in [2.24, 2.45) is 0 Å². The minimum absolute atomic E-state index is 0.0785. The fraction of sp³-hybridized carbons (Fsp3) is 0.318. The average molecular weight is 376 g/mol. The van der Waals surface area contributed by atoms with Gasteiger partial charge < -0.3 is 14.8 Å². The molecule has 1 N–H and O–H groups in total. The van der Waals surface area contributed by atoms with Crippen LogP contribution in [-0.2, 0) is 11.3 Å². The standard InChI is InChI=1S/C22H24N4O2/c1-14-16(22(28)25(2)3)7-6-9-17(14)23-20(27)13-26-19-10-5-4-8-18(19)24-21(26)15-11-12-15/h4-10,15H,11-13H2,1-3H3,(H,23,27). The van der Waals surface area contributed by atoms with Gasteiger partial charge in [0, 0.05) is 31.3 Å². The van der Waals surface area contributed by atoms with E-state index >= 15 is 0 Å². The van der Waals surface area contributed by atoms with Gasteiger partial charge in [-0.2, -0.15) is 0 Å². The van der Waals surface area contributed by atoms with Gasteiger partial charge in [-0.15, -0.1) is 0 Å². The third-order valence-corrected chi connectivity index (χ3v) is 5.17. The van der Waals surface area contributed by atoms with Crippen LogP contribution >= 0.6 is 0 Å². The van der Waals surface area contributed by atoms with Crippen LogP contribution in [0.2, 0.25) is 0 Å². The highest BCUT2D eigenvalue weighted by Gasteiger charge is 2.30. The van der Waals surface area contributed by atoms with Gasteiger partial charge in [0.05, 0.1) is 11.0 Å². The lowest BCUT2D eigenvalue weighted by molar-refractivity contribution is -0.116. The second-order valence-electron chi connectivity index (χ2n) is 7.55. The number of imidazole rings is 1. The number of para-hydroxylation sites is 2. The predicted octanol–water partition coefficient (Wildman–Crippen LogP) is 3.56. The molecule has 0 unspecified atom stereocenters. The average Bonchev–Trinajstić information content (AvgIpc) is 3.46. The van der Waals surface area contributed by atoms with Gasteiger partial charge in [0.25, 0.3) is 5.91 Å². The van der Waals surface area contributed by atoms with E-state index < -0.39 is 0 Å². The molecule has 2 amide bonds. The van der Waals surface area contributed by atoms with Gasteiger partial charge in [-0.1, -0.05) is 18.2 Å². The number of aromatic nitrogens is 2. The highest BCUT2D eigenvalue weighted by Crippen LogP contribution is 2.40. The summed E-state index contributed by atoms with van der Waals surface area (Å²) in [6, 6.07) is 13.3. The van der Waals surface area contributed by atoms with E-state index in [9.17, 15) is 9.59 Å². The summed E-state index contributed by atoms with van der Waals surface area (Å²) in [5.74, 6) is 1.24. The third kappa shape index (κ3) is 3.38. The van der Waals surface area contributed by atoms with Gasteiger partial charge in [0.15, 0.2) is 0 Å². The van der Waals surface area contributed by atoms with E-state index in [2.05, 4.69) is 5.32 Å². The first-order valence-corrected chi connectivity index (χ1v) is 9.52. The first-order chi connectivity index (χ1) is 13.5. The van der Waals surface area contributed by atoms with Crippen molar-refractivity contribution in [3.8, 4) is 0 Å². The van der Waals surface area contributed by atoms with Gasteiger partial charge >= 0.3 is 0 Å². The van der Waals surface area contributed by atoms with Crippen LogP contribution in [0.1, 0.15) is 40.5 Å².